The van der Waals surface area contributed by atoms with E-state index in [2.05, 4.69) is 35.7 Å². The van der Waals surface area contributed by atoms with Crippen LogP contribution >= 0.6 is 0 Å². The molecule has 8 heteroatoms. The van der Waals surface area contributed by atoms with Crippen LogP contribution < -0.4 is 15.2 Å². The van der Waals surface area contributed by atoms with E-state index in [1.165, 1.54) is 12.3 Å². The summed E-state index contributed by atoms with van der Waals surface area (Å²) >= 11 is 0. The molecule has 0 aliphatic carbocycles. The molecule has 0 unspecified atom stereocenters. The third kappa shape index (κ3) is 3.51. The van der Waals surface area contributed by atoms with E-state index >= 15 is 0 Å². The van der Waals surface area contributed by atoms with Gasteiger partial charge in [-0.3, -0.25) is 4.98 Å². The van der Waals surface area contributed by atoms with Gasteiger partial charge in [-0.2, -0.15) is 0 Å². The van der Waals surface area contributed by atoms with Gasteiger partial charge in [0.25, 0.3) is 6.02 Å². The molecule has 4 heterocycles. The first-order valence-electron chi connectivity index (χ1n) is 10.3. The molecular weight excluding hydrogens is 411 g/mol. The number of hydrogen-bond donors (Lipinski definition) is 1. The van der Waals surface area contributed by atoms with Crippen molar-refractivity contribution >= 4 is 6.02 Å². The van der Waals surface area contributed by atoms with Gasteiger partial charge < -0.3 is 19.9 Å². The van der Waals surface area contributed by atoms with Crippen molar-refractivity contribution in [3.63, 3.8) is 0 Å². The molecule has 1 aromatic carbocycles. The molecule has 0 fully saturated rings. The van der Waals surface area contributed by atoms with Crippen LogP contribution in [0, 0.1) is 11.2 Å². The summed E-state index contributed by atoms with van der Waals surface area (Å²) < 4.78 is 31.4. The average molecular weight is 434 g/mol. The Hall–Kier alpha value is -3.68. The van der Waals surface area contributed by atoms with Crippen LogP contribution in [-0.4, -0.2) is 29.2 Å². The number of aliphatic imine (C=N–C) groups is 1. The van der Waals surface area contributed by atoms with Gasteiger partial charge in [-0.1, -0.05) is 26.8 Å². The Balaban J connectivity index is 1.63. The van der Waals surface area contributed by atoms with Gasteiger partial charge in [0.15, 0.2) is 5.54 Å². The molecular formula is C24H23FN4O3. The van der Waals surface area contributed by atoms with E-state index in [0.29, 0.717) is 35.1 Å². The molecule has 1 atom stereocenters. The van der Waals surface area contributed by atoms with Crippen molar-refractivity contribution in [2.75, 3.05) is 13.2 Å². The van der Waals surface area contributed by atoms with E-state index in [1.54, 1.807) is 12.4 Å². The Kier molecular flexibility index (Phi) is 4.54. The number of ether oxygens (including phenoxy) is 3. The molecule has 7 nitrogen and oxygen atoms in total. The minimum absolute atomic E-state index is 0.0103. The predicted molar refractivity (Wildman–Crippen MR) is 117 cm³/mol. The molecule has 3 aromatic rings. The number of nitrogens with two attached hydrogens (primary N) is 1. The first-order valence-corrected chi connectivity index (χ1v) is 10.3. The Morgan fingerprint density at radius 1 is 1.09 bits per heavy atom. The highest BCUT2D eigenvalue weighted by Gasteiger charge is 2.48. The van der Waals surface area contributed by atoms with E-state index < -0.39 is 11.4 Å². The summed E-state index contributed by atoms with van der Waals surface area (Å²) in [4.78, 5) is 13.1. The summed E-state index contributed by atoms with van der Waals surface area (Å²) in [5, 5.41) is 0. The van der Waals surface area contributed by atoms with Gasteiger partial charge in [-0.25, -0.2) is 14.4 Å². The Labute approximate surface area is 185 Å². The number of pyridine rings is 2. The molecule has 0 saturated carbocycles. The largest absolute Gasteiger partial charge is 0.491 e. The third-order valence-corrected chi connectivity index (χ3v) is 5.34. The summed E-state index contributed by atoms with van der Waals surface area (Å²) in [6.07, 6.45) is 4.42. The van der Waals surface area contributed by atoms with Crippen LogP contribution in [0.5, 0.6) is 17.4 Å². The number of aromatic nitrogens is 2. The van der Waals surface area contributed by atoms with Crippen LogP contribution in [0.25, 0.3) is 11.1 Å². The third-order valence-electron chi connectivity index (χ3n) is 5.34. The lowest BCUT2D eigenvalue weighted by Crippen LogP contribution is -2.31. The van der Waals surface area contributed by atoms with Gasteiger partial charge in [0.2, 0.25) is 5.88 Å². The number of nitrogens with zero attached hydrogens (tertiary/aromatic N) is 3. The zero-order chi connectivity index (χ0) is 22.5. The molecule has 164 valence electrons. The van der Waals surface area contributed by atoms with Crippen molar-refractivity contribution in [3.8, 4) is 28.5 Å². The minimum atomic E-state index is -0.947. The van der Waals surface area contributed by atoms with Crippen molar-refractivity contribution in [3.05, 3.63) is 65.9 Å². The molecule has 0 radical (unpaired) electrons. The second kappa shape index (κ2) is 7.19. The van der Waals surface area contributed by atoms with E-state index in [4.69, 9.17) is 19.9 Å². The molecule has 2 aliphatic heterocycles. The fourth-order valence-corrected chi connectivity index (χ4v) is 3.84. The number of halogens is 1. The Bertz CT molecular complexity index is 1240. The zero-order valence-corrected chi connectivity index (χ0v) is 18.1. The molecule has 2 aliphatic rings. The predicted octanol–water partition coefficient (Wildman–Crippen LogP) is 4.40. The highest BCUT2D eigenvalue weighted by atomic mass is 19.1. The molecule has 2 N–H and O–H groups in total. The number of amidine groups is 1. The maximum atomic E-state index is 13.8. The first-order chi connectivity index (χ1) is 15.2. The summed E-state index contributed by atoms with van der Waals surface area (Å²) in [5.41, 5.74) is 7.87. The monoisotopic (exact) mass is 434 g/mol. The quantitative estimate of drug-likeness (QED) is 0.657. The van der Waals surface area contributed by atoms with Crippen molar-refractivity contribution in [2.45, 2.75) is 26.3 Å². The standard InChI is InChI=1S/C24H23FN4O3/c1-23(2,3)12-30-17-8-19-21(28-11-17)32-20-5-4-14(15-6-16(25)10-27-9-15)7-18(20)24(19)13-31-22(26)29-24/h4-11H,12-13H2,1-3H3,(H2,26,29)/t24-/m0/s1. The summed E-state index contributed by atoms with van der Waals surface area (Å²) in [6, 6.07) is 8.96. The molecule has 0 amide bonds. The van der Waals surface area contributed by atoms with Crippen LogP contribution in [0.4, 0.5) is 4.39 Å². The molecule has 1 spiro atoms. The molecule has 2 aromatic heterocycles. The van der Waals surface area contributed by atoms with Gasteiger partial charge >= 0.3 is 0 Å². The highest BCUT2D eigenvalue weighted by Crippen LogP contribution is 2.51. The average Bonchev–Trinajstić information content (AvgIpc) is 3.14. The maximum absolute atomic E-state index is 13.8. The minimum Gasteiger partial charge on any atom is -0.491 e. The normalized spacial score (nSPS) is 18.9. The van der Waals surface area contributed by atoms with E-state index in [0.717, 1.165) is 11.1 Å². The molecule has 32 heavy (non-hydrogen) atoms. The Morgan fingerprint density at radius 2 is 1.94 bits per heavy atom. The van der Waals surface area contributed by atoms with Crippen LogP contribution in [0.15, 0.2) is 53.9 Å². The smallest absolute Gasteiger partial charge is 0.283 e. The zero-order valence-electron chi connectivity index (χ0n) is 18.1. The van der Waals surface area contributed by atoms with Crippen LogP contribution in [0.1, 0.15) is 31.9 Å². The number of benzene rings is 1. The molecule has 0 saturated heterocycles. The Morgan fingerprint density at radius 3 is 2.66 bits per heavy atom. The van der Waals surface area contributed by atoms with E-state index in [-0.39, 0.29) is 18.0 Å². The lowest BCUT2D eigenvalue weighted by Gasteiger charge is -2.33. The number of fused-ring (bicyclic) bond motifs is 4. The summed E-state index contributed by atoms with van der Waals surface area (Å²) in [5.74, 6) is 1.20. The lowest BCUT2D eigenvalue weighted by molar-refractivity contribution is 0.196. The van der Waals surface area contributed by atoms with E-state index in [9.17, 15) is 4.39 Å². The second-order valence-electron chi connectivity index (χ2n) is 9.18. The highest BCUT2D eigenvalue weighted by molar-refractivity contribution is 5.77. The van der Waals surface area contributed by atoms with Gasteiger partial charge in [0.1, 0.15) is 23.9 Å². The van der Waals surface area contributed by atoms with Crippen molar-refractivity contribution in [2.24, 2.45) is 16.1 Å². The van der Waals surface area contributed by atoms with E-state index in [1.807, 2.05) is 24.3 Å². The second-order valence-corrected chi connectivity index (χ2v) is 9.18. The van der Waals surface area contributed by atoms with Crippen molar-refractivity contribution < 1.29 is 18.6 Å². The fourth-order valence-electron chi connectivity index (χ4n) is 3.84. The molecule has 0 bridgehead atoms. The first kappa shape index (κ1) is 20.2. The van der Waals surface area contributed by atoms with Gasteiger partial charge in [0, 0.05) is 17.3 Å². The van der Waals surface area contributed by atoms with Crippen LogP contribution in [-0.2, 0) is 10.3 Å². The van der Waals surface area contributed by atoms with Crippen molar-refractivity contribution in [1.82, 2.24) is 9.97 Å². The summed E-state index contributed by atoms with van der Waals surface area (Å²) in [6.45, 7) is 7.00. The van der Waals surface area contributed by atoms with Crippen molar-refractivity contribution in [1.29, 1.82) is 0 Å². The SMILES string of the molecule is CC(C)(C)COc1cnc2c(c1)[C@]1(COC(N)=N1)c1cc(-c3cncc(F)c3)ccc1O2. The molecule has 5 rings (SSSR count). The van der Waals surface area contributed by atoms with Gasteiger partial charge in [0.05, 0.1) is 24.6 Å². The number of rotatable bonds is 3. The summed E-state index contributed by atoms with van der Waals surface area (Å²) in [7, 11) is 0. The van der Waals surface area contributed by atoms with Gasteiger partial charge in [-0.15, -0.1) is 0 Å². The maximum Gasteiger partial charge on any atom is 0.283 e. The lowest BCUT2D eigenvalue weighted by atomic mass is 9.81. The number of hydrogen-bond acceptors (Lipinski definition) is 7. The van der Waals surface area contributed by atoms with Crippen LogP contribution in [0.3, 0.4) is 0 Å². The topological polar surface area (TPSA) is 91.9 Å². The van der Waals surface area contributed by atoms with Crippen LogP contribution in [0.2, 0.25) is 0 Å². The van der Waals surface area contributed by atoms with Gasteiger partial charge in [-0.05, 0) is 35.2 Å². The fraction of sp³-hybridized carbons (Fsp3) is 0.292.